The van der Waals surface area contributed by atoms with Gasteiger partial charge in [0.05, 0.1) is 35.4 Å². The fraction of sp³-hybridized carbons (Fsp3) is 0.421. The van der Waals surface area contributed by atoms with Crippen LogP contribution in [0.3, 0.4) is 0 Å². The van der Waals surface area contributed by atoms with E-state index in [0.29, 0.717) is 18.4 Å². The Kier molecular flexibility index (Phi) is 5.24. The monoisotopic (exact) mass is 378 g/mol. The van der Waals surface area contributed by atoms with E-state index in [1.165, 1.54) is 4.90 Å². The molecule has 0 aliphatic carbocycles. The van der Waals surface area contributed by atoms with E-state index in [1.807, 2.05) is 30.3 Å². The number of aliphatic carboxylic acids is 1. The van der Waals surface area contributed by atoms with Crippen molar-refractivity contribution in [2.45, 2.75) is 44.4 Å². The molecular formula is C19H19N2NaO5. The van der Waals surface area contributed by atoms with Crippen LogP contribution in [-0.4, -0.2) is 45.3 Å². The molecule has 8 heteroatoms. The Hall–Kier alpha value is -1.67. The maximum Gasteiger partial charge on any atom is 1.00 e. The normalized spacial score (nSPS) is 30.1. The summed E-state index contributed by atoms with van der Waals surface area (Å²) in [5, 5.41) is 25.8. The van der Waals surface area contributed by atoms with Gasteiger partial charge in [-0.3, -0.25) is 4.79 Å². The zero-order valence-electron chi connectivity index (χ0n) is 15.5. The maximum absolute atomic E-state index is 12.3. The zero-order chi connectivity index (χ0) is 18.6. The molecule has 0 saturated carbocycles. The fourth-order valence-corrected chi connectivity index (χ4v) is 4.22. The molecule has 1 amide bonds. The first kappa shape index (κ1) is 20.1. The fourth-order valence-electron chi connectivity index (χ4n) is 4.22. The van der Waals surface area contributed by atoms with Gasteiger partial charge in [-0.25, -0.2) is 0 Å². The van der Waals surface area contributed by atoms with Crippen LogP contribution in [0.2, 0.25) is 0 Å². The Labute approximate surface area is 179 Å². The van der Waals surface area contributed by atoms with Crippen LogP contribution in [0.4, 0.5) is 0 Å². The predicted octanol–water partition coefficient (Wildman–Crippen LogP) is -2.81. The van der Waals surface area contributed by atoms with E-state index in [9.17, 15) is 19.8 Å². The summed E-state index contributed by atoms with van der Waals surface area (Å²) in [6, 6.07) is 9.15. The van der Waals surface area contributed by atoms with Crippen molar-refractivity contribution in [1.29, 1.82) is 0 Å². The van der Waals surface area contributed by atoms with Crippen molar-refractivity contribution in [1.82, 2.24) is 4.90 Å². The second kappa shape index (κ2) is 7.05. The van der Waals surface area contributed by atoms with Crippen LogP contribution in [-0.2, 0) is 14.4 Å². The number of aliphatic hydroxyl groups is 1. The van der Waals surface area contributed by atoms with Gasteiger partial charge in [0, 0.05) is 12.0 Å². The van der Waals surface area contributed by atoms with Crippen LogP contribution in [0, 0.1) is 5.92 Å². The van der Waals surface area contributed by atoms with Crippen LogP contribution in [0.1, 0.15) is 32.3 Å². The first-order valence-electron chi connectivity index (χ1n) is 8.60. The molecule has 1 aromatic rings. The number of rotatable bonds is 4. The number of fused-ring (bicyclic) bond motifs is 1. The van der Waals surface area contributed by atoms with Crippen molar-refractivity contribution in [2.24, 2.45) is 11.1 Å². The zero-order valence-corrected chi connectivity index (χ0v) is 17.5. The summed E-state index contributed by atoms with van der Waals surface area (Å²) in [5.41, 5.74) is 1.04. The maximum atomic E-state index is 12.3. The molecular weight excluding hydrogens is 359 g/mol. The van der Waals surface area contributed by atoms with Crippen LogP contribution >= 0.6 is 0 Å². The number of benzene rings is 1. The minimum Gasteiger partial charge on any atom is -0.543 e. The first-order valence-corrected chi connectivity index (χ1v) is 8.60. The Morgan fingerprint density at radius 2 is 2.07 bits per heavy atom. The summed E-state index contributed by atoms with van der Waals surface area (Å²) in [6.07, 6.45) is -0.102. The van der Waals surface area contributed by atoms with Gasteiger partial charge >= 0.3 is 29.6 Å². The van der Waals surface area contributed by atoms with Gasteiger partial charge in [-0.1, -0.05) is 35.5 Å². The number of oxime groups is 1. The van der Waals surface area contributed by atoms with Gasteiger partial charge in [0.15, 0.2) is 5.60 Å². The van der Waals surface area contributed by atoms with Crippen molar-refractivity contribution in [3.05, 3.63) is 47.2 Å². The number of carbonyl (C=O) groups is 2. The van der Waals surface area contributed by atoms with E-state index in [4.69, 9.17) is 4.84 Å². The number of hydrogen-bond acceptors (Lipinski definition) is 6. The number of β-lactam (4-membered cyclic amide) rings is 1. The van der Waals surface area contributed by atoms with Crippen molar-refractivity contribution < 1.29 is 54.2 Å². The second-order valence-corrected chi connectivity index (χ2v) is 7.26. The number of nitrogens with zero attached hydrogens (tertiary/aromatic N) is 2. The van der Waals surface area contributed by atoms with Gasteiger partial charge in [-0.2, -0.15) is 0 Å². The minimum absolute atomic E-state index is 0. The third kappa shape index (κ3) is 3.02. The van der Waals surface area contributed by atoms with Gasteiger partial charge in [0.1, 0.15) is 0 Å². The average Bonchev–Trinajstić information content (AvgIpc) is 3.15. The van der Waals surface area contributed by atoms with E-state index in [2.05, 4.69) is 5.16 Å². The summed E-state index contributed by atoms with van der Waals surface area (Å²) in [7, 11) is 0. The van der Waals surface area contributed by atoms with Crippen molar-refractivity contribution in [2.75, 3.05) is 0 Å². The molecule has 3 aliphatic heterocycles. The number of carbonyl (C=O) groups excluding carboxylic acids is 2. The molecule has 27 heavy (non-hydrogen) atoms. The third-order valence-corrected chi connectivity index (χ3v) is 5.53. The molecule has 136 valence electrons. The summed E-state index contributed by atoms with van der Waals surface area (Å²) >= 11 is 0. The first-order chi connectivity index (χ1) is 12.3. The number of carboxylic acid groups (broad SMARTS) is 1. The van der Waals surface area contributed by atoms with Crippen LogP contribution in [0.25, 0.3) is 0 Å². The quantitative estimate of drug-likeness (QED) is 0.450. The van der Waals surface area contributed by atoms with E-state index < -0.39 is 23.6 Å². The Bertz CT molecular complexity index is 851. The van der Waals surface area contributed by atoms with Gasteiger partial charge < -0.3 is 24.7 Å². The predicted molar refractivity (Wildman–Crippen MR) is 89.5 cm³/mol. The van der Waals surface area contributed by atoms with Crippen LogP contribution < -0.4 is 34.7 Å². The molecule has 3 heterocycles. The molecule has 1 aromatic carbocycles. The molecule has 1 fully saturated rings. The number of hydrogen-bond donors (Lipinski definition) is 1. The van der Waals surface area contributed by atoms with Crippen LogP contribution in [0.15, 0.2) is 46.8 Å². The molecule has 1 saturated heterocycles. The van der Waals surface area contributed by atoms with E-state index in [1.54, 1.807) is 13.8 Å². The summed E-state index contributed by atoms with van der Waals surface area (Å²) in [4.78, 5) is 31.0. The third-order valence-electron chi connectivity index (χ3n) is 5.53. The molecule has 1 N–H and O–H groups in total. The molecule has 0 aromatic heterocycles. The van der Waals surface area contributed by atoms with Crippen molar-refractivity contribution in [3.8, 4) is 0 Å². The average molecular weight is 378 g/mol. The largest absolute Gasteiger partial charge is 1.00 e. The SMILES string of the molecule is C[C@@H](O)[C@H]1C(=O)N2C(C(=O)[O-])=C([C@@]3(C)CC(c4ccccc4)=NO3)C[C@H]12.[Na+]. The van der Waals surface area contributed by atoms with Gasteiger partial charge in [0.2, 0.25) is 5.91 Å². The molecule has 0 radical (unpaired) electrons. The van der Waals surface area contributed by atoms with Crippen LogP contribution in [0.5, 0.6) is 0 Å². The number of carboxylic acids is 1. The molecule has 3 aliphatic rings. The molecule has 0 spiro atoms. The Morgan fingerprint density at radius 1 is 1.41 bits per heavy atom. The topological polar surface area (TPSA) is 102 Å². The molecule has 7 nitrogen and oxygen atoms in total. The van der Waals surface area contributed by atoms with Gasteiger partial charge in [-0.05, 0) is 25.8 Å². The minimum atomic E-state index is -1.40. The molecule has 4 atom stereocenters. The van der Waals surface area contributed by atoms with Crippen molar-refractivity contribution >= 4 is 17.6 Å². The summed E-state index contributed by atoms with van der Waals surface area (Å²) in [6.45, 7) is 3.32. The van der Waals surface area contributed by atoms with Crippen molar-refractivity contribution in [3.63, 3.8) is 0 Å². The second-order valence-electron chi connectivity index (χ2n) is 7.26. The summed E-state index contributed by atoms with van der Waals surface area (Å²) < 4.78 is 0. The Morgan fingerprint density at radius 3 is 2.67 bits per heavy atom. The smallest absolute Gasteiger partial charge is 0.543 e. The van der Waals surface area contributed by atoms with E-state index >= 15 is 0 Å². The van der Waals surface area contributed by atoms with E-state index in [-0.39, 0.29) is 47.2 Å². The molecule has 4 rings (SSSR count). The van der Waals surface area contributed by atoms with Gasteiger partial charge in [0.25, 0.3) is 0 Å². The number of amides is 1. The standard InChI is InChI=1S/C19H20N2O5.Na/c1-10(22)15-14-8-12(16(18(24)25)21(14)17(15)23)19(2)9-13(20-26-19)11-6-4-3-5-7-11;/h3-7,10,14-15,22H,8-9H2,1-2H3,(H,24,25);/q;+1/p-1/t10-,14-,15-,19-;/m1./s1. The molecule has 0 bridgehead atoms. The Balaban J connectivity index is 0.00000210. The van der Waals surface area contributed by atoms with E-state index in [0.717, 1.165) is 11.3 Å². The summed E-state index contributed by atoms with van der Waals surface area (Å²) in [5.74, 6) is -2.38. The number of aliphatic hydroxyl groups excluding tert-OH is 1. The molecule has 0 unspecified atom stereocenters. The van der Waals surface area contributed by atoms with Gasteiger partial charge in [-0.15, -0.1) is 0 Å².